The van der Waals surface area contributed by atoms with Crippen LogP contribution in [0.15, 0.2) is 18.2 Å². The van der Waals surface area contributed by atoms with Gasteiger partial charge in [-0.2, -0.15) is 18.6 Å². The van der Waals surface area contributed by atoms with E-state index in [0.29, 0.717) is 0 Å². The molecule has 0 atom stereocenters. The number of benzene rings is 1. The fourth-order valence-corrected chi connectivity index (χ4v) is 1.97. The number of nitrogens with zero attached hydrogens (tertiary/aromatic N) is 1. The second-order valence-electron chi connectivity index (χ2n) is 3.76. The Hall–Kier alpha value is -0.513. The molecule has 0 N–H and O–H groups in total. The van der Waals surface area contributed by atoms with Crippen LogP contribution in [0.1, 0.15) is 24.0 Å². The summed E-state index contributed by atoms with van der Waals surface area (Å²) in [5.41, 5.74) is 3.87. The van der Waals surface area contributed by atoms with E-state index in [4.69, 9.17) is 0 Å². The van der Waals surface area contributed by atoms with Gasteiger partial charge >= 0.3 is 18.9 Å². The third-order valence-corrected chi connectivity index (χ3v) is 2.86. The topological polar surface area (TPSA) is 3.24 Å². The summed E-state index contributed by atoms with van der Waals surface area (Å²) in [5, 5.41) is 0. The maximum absolute atomic E-state index is 4.03. The molecule has 0 saturated carbocycles. The zero-order chi connectivity index (χ0) is 9.26. The van der Waals surface area contributed by atoms with Crippen LogP contribution < -0.4 is 23.8 Å². The maximum Gasteiger partial charge on any atom is 1.00 e. The molecule has 1 saturated heterocycles. The number of hydrogen-bond acceptors (Lipinski definition) is 1. The summed E-state index contributed by atoms with van der Waals surface area (Å²) in [6, 6.07) is 6.38. The molecule has 1 aromatic rings. The molecule has 1 nitrogen and oxygen atoms in total. The van der Waals surface area contributed by atoms with Gasteiger partial charge in [-0.25, -0.2) is 0 Å². The first kappa shape index (κ1) is 11.6. The first-order valence-electron chi connectivity index (χ1n) is 4.95. The van der Waals surface area contributed by atoms with E-state index in [1.165, 1.54) is 37.2 Å². The van der Waals surface area contributed by atoms with E-state index in [2.05, 4.69) is 36.9 Å². The van der Waals surface area contributed by atoms with Crippen molar-refractivity contribution in [2.45, 2.75) is 19.8 Å². The molecule has 1 aromatic carbocycles. The number of hydrogen-bond donors (Lipinski definition) is 0. The van der Waals surface area contributed by atoms with Crippen molar-refractivity contribution in [2.24, 2.45) is 0 Å². The summed E-state index contributed by atoms with van der Waals surface area (Å²) in [5.74, 6) is 0. The van der Waals surface area contributed by atoms with Crippen molar-refractivity contribution < 1.29 is 18.9 Å². The van der Waals surface area contributed by atoms with Crippen LogP contribution in [0.4, 0.5) is 5.69 Å². The monoisotopic (exact) mass is 181 g/mol. The van der Waals surface area contributed by atoms with E-state index < -0.39 is 0 Å². The Labute approximate surface area is 98.7 Å². The molecule has 0 unspecified atom stereocenters. The molecule has 1 heterocycles. The largest absolute Gasteiger partial charge is 1.00 e. The second-order valence-corrected chi connectivity index (χ2v) is 3.76. The predicted molar refractivity (Wildman–Crippen MR) is 57.1 cm³/mol. The van der Waals surface area contributed by atoms with Gasteiger partial charge in [0, 0.05) is 13.1 Å². The van der Waals surface area contributed by atoms with Gasteiger partial charge in [-0.1, -0.05) is 13.0 Å². The zero-order valence-electron chi connectivity index (χ0n) is 9.21. The molecule has 1 aliphatic rings. The summed E-state index contributed by atoms with van der Waals surface area (Å²) in [6.07, 6.45) is 2.67. The molecule has 0 bridgehead atoms. The van der Waals surface area contributed by atoms with Gasteiger partial charge in [0.1, 0.15) is 0 Å². The molecule has 0 amide bonds. The number of anilines is 1. The van der Waals surface area contributed by atoms with E-state index in [0.717, 1.165) is 5.56 Å². The minimum absolute atomic E-state index is 0. The summed E-state index contributed by atoms with van der Waals surface area (Å²) in [6.45, 7) is 8.61. The Bertz CT molecular complexity index is 303. The third kappa shape index (κ3) is 2.11. The van der Waals surface area contributed by atoms with Gasteiger partial charge in [0.15, 0.2) is 0 Å². The molecule has 2 heteroatoms. The van der Waals surface area contributed by atoms with E-state index in [9.17, 15) is 0 Å². The Morgan fingerprint density at radius 3 is 2.50 bits per heavy atom. The van der Waals surface area contributed by atoms with E-state index in [-0.39, 0.29) is 18.9 Å². The Morgan fingerprint density at radius 2 is 1.86 bits per heavy atom. The molecule has 1 fully saturated rings. The first-order chi connectivity index (χ1) is 6.29. The van der Waals surface area contributed by atoms with Crippen LogP contribution in [0, 0.1) is 13.8 Å². The third-order valence-electron chi connectivity index (χ3n) is 2.86. The van der Waals surface area contributed by atoms with E-state index in [1.54, 1.807) is 0 Å². The van der Waals surface area contributed by atoms with Crippen molar-refractivity contribution in [1.82, 2.24) is 0 Å². The summed E-state index contributed by atoms with van der Waals surface area (Å²) in [7, 11) is 0. The Balaban J connectivity index is 0.000000980. The Morgan fingerprint density at radius 1 is 1.21 bits per heavy atom. The Kier molecular flexibility index (Phi) is 3.98. The number of rotatable bonds is 1. The van der Waals surface area contributed by atoms with Crippen LogP contribution in [-0.4, -0.2) is 13.1 Å². The van der Waals surface area contributed by atoms with Gasteiger partial charge in [-0.05, 0) is 18.5 Å². The summed E-state index contributed by atoms with van der Waals surface area (Å²) < 4.78 is 0. The van der Waals surface area contributed by atoms with Crippen LogP contribution in [0.25, 0.3) is 0 Å². The molecular formula is C12H16LiN. The van der Waals surface area contributed by atoms with Crippen molar-refractivity contribution in [2.75, 3.05) is 18.0 Å². The van der Waals surface area contributed by atoms with Crippen molar-refractivity contribution in [3.63, 3.8) is 0 Å². The smallest absolute Gasteiger partial charge is 0.381 e. The molecule has 0 aliphatic carbocycles. The molecule has 2 rings (SSSR count). The van der Waals surface area contributed by atoms with Crippen LogP contribution in [-0.2, 0) is 0 Å². The van der Waals surface area contributed by atoms with Gasteiger partial charge in [0.05, 0.1) is 0 Å². The van der Waals surface area contributed by atoms with Crippen molar-refractivity contribution in [1.29, 1.82) is 0 Å². The average Bonchev–Trinajstić information content (AvgIpc) is 2.62. The minimum atomic E-state index is 0. The predicted octanol–water partition coefficient (Wildman–Crippen LogP) is -0.219. The van der Waals surface area contributed by atoms with E-state index >= 15 is 0 Å². The van der Waals surface area contributed by atoms with Crippen LogP contribution in [0.3, 0.4) is 0 Å². The molecule has 70 valence electrons. The van der Waals surface area contributed by atoms with Gasteiger partial charge in [0.25, 0.3) is 0 Å². The molecule has 0 radical (unpaired) electrons. The van der Waals surface area contributed by atoms with Gasteiger partial charge < -0.3 is 4.90 Å². The van der Waals surface area contributed by atoms with E-state index in [1.807, 2.05) is 0 Å². The van der Waals surface area contributed by atoms with Gasteiger partial charge in [-0.15, -0.1) is 11.6 Å². The second kappa shape index (κ2) is 4.82. The quantitative estimate of drug-likeness (QED) is 0.428. The van der Waals surface area contributed by atoms with Crippen molar-refractivity contribution >= 4 is 5.69 Å². The van der Waals surface area contributed by atoms with Crippen LogP contribution >= 0.6 is 0 Å². The zero-order valence-corrected chi connectivity index (χ0v) is 9.21. The normalized spacial score (nSPS) is 15.4. The molecule has 0 spiro atoms. The van der Waals surface area contributed by atoms with Crippen molar-refractivity contribution in [3.05, 3.63) is 36.2 Å². The SMILES string of the molecule is [CH2-]c1cccc(N2CCCC2)c1C.[Li+]. The fourth-order valence-electron chi connectivity index (χ4n) is 1.97. The molecular weight excluding hydrogens is 165 g/mol. The standard InChI is InChI=1S/C12H16N.Li/c1-10-6-5-7-12(11(10)2)13-8-3-4-9-13;/h5-7H,1,3-4,8-9H2,2H3;/q-1;+1. The summed E-state index contributed by atoms with van der Waals surface area (Å²) >= 11 is 0. The van der Waals surface area contributed by atoms with Gasteiger partial charge in [-0.3, -0.25) is 0 Å². The molecule has 0 aromatic heterocycles. The fraction of sp³-hybridized carbons (Fsp3) is 0.417. The first-order valence-corrected chi connectivity index (χ1v) is 4.95. The van der Waals surface area contributed by atoms with Crippen molar-refractivity contribution in [3.8, 4) is 0 Å². The van der Waals surface area contributed by atoms with Crippen LogP contribution in [0.5, 0.6) is 0 Å². The van der Waals surface area contributed by atoms with Gasteiger partial charge in [0.2, 0.25) is 0 Å². The molecule has 1 aliphatic heterocycles. The summed E-state index contributed by atoms with van der Waals surface area (Å²) in [4.78, 5) is 2.46. The maximum atomic E-state index is 4.03. The van der Waals surface area contributed by atoms with Crippen LogP contribution in [0.2, 0.25) is 0 Å². The molecule has 14 heavy (non-hydrogen) atoms. The average molecular weight is 181 g/mol. The minimum Gasteiger partial charge on any atom is -0.381 e.